The van der Waals surface area contributed by atoms with Crippen LogP contribution >= 0.6 is 35.7 Å². The third-order valence-electron chi connectivity index (χ3n) is 4.99. The zero-order chi connectivity index (χ0) is 18.9. The minimum atomic E-state index is -0.149. The number of hydrogen-bond donors (Lipinski definition) is 1. The molecule has 28 heavy (non-hydrogen) atoms. The van der Waals surface area contributed by atoms with Crippen LogP contribution in [0.5, 0.6) is 0 Å². The highest BCUT2D eigenvalue weighted by Crippen LogP contribution is 2.21. The number of nitrogens with one attached hydrogen (secondary N) is 1. The SMILES string of the molecule is CCNC(=NCCSc1ccccc1F)N1CCC(CN2CCOCC2)C1.I. The third-order valence-corrected chi connectivity index (χ3v) is 6.02. The van der Waals surface area contributed by atoms with E-state index in [4.69, 9.17) is 9.73 Å². The molecule has 1 unspecified atom stereocenters. The van der Waals surface area contributed by atoms with Crippen LogP contribution in [0.3, 0.4) is 0 Å². The second-order valence-electron chi connectivity index (χ2n) is 7.03. The van der Waals surface area contributed by atoms with Gasteiger partial charge in [0.15, 0.2) is 5.96 Å². The summed E-state index contributed by atoms with van der Waals surface area (Å²) in [6, 6.07) is 6.93. The molecule has 2 heterocycles. The van der Waals surface area contributed by atoms with Gasteiger partial charge in [-0.25, -0.2) is 4.39 Å². The van der Waals surface area contributed by atoms with Crippen LogP contribution in [0.25, 0.3) is 0 Å². The van der Waals surface area contributed by atoms with Crippen LogP contribution in [0.4, 0.5) is 4.39 Å². The molecular formula is C20H32FIN4OS. The second kappa shape index (κ2) is 12.9. The molecule has 1 aromatic carbocycles. The fourth-order valence-corrected chi connectivity index (χ4v) is 4.40. The highest BCUT2D eigenvalue weighted by atomic mass is 127. The Labute approximate surface area is 189 Å². The van der Waals surface area contributed by atoms with Gasteiger partial charge >= 0.3 is 0 Å². The van der Waals surface area contributed by atoms with E-state index in [-0.39, 0.29) is 29.8 Å². The van der Waals surface area contributed by atoms with Crippen LogP contribution in [0, 0.1) is 11.7 Å². The molecule has 1 N–H and O–H groups in total. The Morgan fingerprint density at radius 1 is 1.29 bits per heavy atom. The zero-order valence-electron chi connectivity index (χ0n) is 16.6. The first-order valence-corrected chi connectivity index (χ1v) is 11.0. The smallest absolute Gasteiger partial charge is 0.193 e. The Morgan fingerprint density at radius 2 is 2.07 bits per heavy atom. The number of benzene rings is 1. The topological polar surface area (TPSA) is 40.1 Å². The van der Waals surface area contributed by atoms with E-state index >= 15 is 0 Å². The number of aliphatic imine (C=N–C) groups is 1. The lowest BCUT2D eigenvalue weighted by Gasteiger charge is -2.29. The van der Waals surface area contributed by atoms with E-state index in [2.05, 4.69) is 22.0 Å². The maximum atomic E-state index is 13.7. The van der Waals surface area contributed by atoms with Crippen molar-refractivity contribution in [1.29, 1.82) is 0 Å². The molecule has 1 aromatic rings. The Bertz CT molecular complexity index is 616. The Morgan fingerprint density at radius 3 is 2.82 bits per heavy atom. The molecular weight excluding hydrogens is 490 g/mol. The molecule has 0 amide bonds. The molecule has 158 valence electrons. The van der Waals surface area contributed by atoms with Crippen LogP contribution < -0.4 is 5.32 Å². The van der Waals surface area contributed by atoms with Crippen molar-refractivity contribution in [2.45, 2.75) is 18.2 Å². The van der Waals surface area contributed by atoms with Crippen molar-refractivity contribution in [3.63, 3.8) is 0 Å². The normalized spacial score (nSPS) is 20.9. The minimum Gasteiger partial charge on any atom is -0.379 e. The van der Waals surface area contributed by atoms with E-state index in [1.807, 2.05) is 12.1 Å². The molecule has 0 spiro atoms. The summed E-state index contributed by atoms with van der Waals surface area (Å²) in [5.74, 6) is 2.32. The van der Waals surface area contributed by atoms with E-state index in [9.17, 15) is 4.39 Å². The first-order valence-electron chi connectivity index (χ1n) is 9.97. The molecule has 0 saturated carbocycles. The van der Waals surface area contributed by atoms with Gasteiger partial charge in [-0.3, -0.25) is 9.89 Å². The van der Waals surface area contributed by atoms with Gasteiger partial charge in [0.05, 0.1) is 19.8 Å². The van der Waals surface area contributed by atoms with Crippen LogP contribution in [0.2, 0.25) is 0 Å². The molecule has 0 radical (unpaired) electrons. The summed E-state index contributed by atoms with van der Waals surface area (Å²) in [6.07, 6.45) is 1.21. The predicted molar refractivity (Wildman–Crippen MR) is 125 cm³/mol. The quantitative estimate of drug-likeness (QED) is 0.196. The van der Waals surface area contributed by atoms with Gasteiger partial charge in [-0.05, 0) is 31.4 Å². The highest BCUT2D eigenvalue weighted by molar-refractivity contribution is 14.0. The van der Waals surface area contributed by atoms with Gasteiger partial charge in [-0.1, -0.05) is 12.1 Å². The van der Waals surface area contributed by atoms with Crippen LogP contribution in [0.15, 0.2) is 34.2 Å². The number of likely N-dealkylation sites (tertiary alicyclic amines) is 1. The molecule has 0 aliphatic carbocycles. The first kappa shape index (κ1) is 23.7. The van der Waals surface area contributed by atoms with Gasteiger partial charge in [0.25, 0.3) is 0 Å². The Kier molecular flexibility index (Phi) is 10.9. The number of hydrogen-bond acceptors (Lipinski definition) is 4. The zero-order valence-corrected chi connectivity index (χ0v) is 19.8. The third kappa shape index (κ3) is 7.35. The van der Waals surface area contributed by atoms with E-state index in [0.29, 0.717) is 17.4 Å². The van der Waals surface area contributed by atoms with Gasteiger partial charge < -0.3 is 15.0 Å². The first-order chi connectivity index (χ1) is 13.3. The maximum Gasteiger partial charge on any atom is 0.193 e. The molecule has 0 bridgehead atoms. The van der Waals surface area contributed by atoms with Crippen molar-refractivity contribution < 1.29 is 9.13 Å². The fraction of sp³-hybridized carbons (Fsp3) is 0.650. The summed E-state index contributed by atoms with van der Waals surface area (Å²) >= 11 is 1.53. The van der Waals surface area contributed by atoms with E-state index in [1.54, 1.807) is 6.07 Å². The summed E-state index contributed by atoms with van der Waals surface area (Å²) in [5, 5.41) is 3.42. The second-order valence-corrected chi connectivity index (χ2v) is 8.16. The summed E-state index contributed by atoms with van der Waals surface area (Å²) < 4.78 is 19.1. The van der Waals surface area contributed by atoms with Crippen molar-refractivity contribution in [3.05, 3.63) is 30.1 Å². The molecule has 2 aliphatic rings. The van der Waals surface area contributed by atoms with Crippen molar-refractivity contribution in [2.75, 3.05) is 64.8 Å². The van der Waals surface area contributed by atoms with Crippen molar-refractivity contribution in [3.8, 4) is 0 Å². The standard InChI is InChI=1S/C20H31FN4OS.HI/c1-2-22-20(23-8-14-27-19-6-4-3-5-18(19)21)25-9-7-17(16-25)15-24-10-12-26-13-11-24;/h3-6,17H,2,7-16H2,1H3,(H,22,23);1H. The van der Waals surface area contributed by atoms with E-state index in [0.717, 1.165) is 64.2 Å². The molecule has 2 saturated heterocycles. The average Bonchev–Trinajstić information content (AvgIpc) is 3.15. The Hall–Kier alpha value is -0.580. The van der Waals surface area contributed by atoms with Crippen LogP contribution in [-0.2, 0) is 4.74 Å². The Balaban J connectivity index is 0.00000280. The van der Waals surface area contributed by atoms with E-state index in [1.165, 1.54) is 24.2 Å². The largest absolute Gasteiger partial charge is 0.379 e. The number of nitrogens with zero attached hydrogens (tertiary/aromatic N) is 3. The number of rotatable bonds is 7. The lowest BCUT2D eigenvalue weighted by molar-refractivity contribution is 0.0315. The number of ether oxygens (including phenoxy) is 1. The number of guanidine groups is 1. The summed E-state index contributed by atoms with van der Waals surface area (Å²) in [4.78, 5) is 10.4. The predicted octanol–water partition coefficient (Wildman–Crippen LogP) is 3.16. The number of morpholine rings is 1. The van der Waals surface area contributed by atoms with Crippen LogP contribution in [-0.4, -0.2) is 80.5 Å². The molecule has 5 nitrogen and oxygen atoms in total. The van der Waals surface area contributed by atoms with Crippen LogP contribution in [0.1, 0.15) is 13.3 Å². The van der Waals surface area contributed by atoms with Crippen molar-refractivity contribution in [2.24, 2.45) is 10.9 Å². The van der Waals surface area contributed by atoms with Gasteiger partial charge in [-0.15, -0.1) is 35.7 Å². The molecule has 1 atom stereocenters. The molecule has 2 aliphatic heterocycles. The van der Waals surface area contributed by atoms with E-state index < -0.39 is 0 Å². The molecule has 2 fully saturated rings. The maximum absolute atomic E-state index is 13.7. The number of thioether (sulfide) groups is 1. The minimum absolute atomic E-state index is 0. The fourth-order valence-electron chi connectivity index (χ4n) is 3.62. The van der Waals surface area contributed by atoms with Crippen molar-refractivity contribution >= 4 is 41.7 Å². The highest BCUT2D eigenvalue weighted by Gasteiger charge is 2.27. The molecule has 3 rings (SSSR count). The summed E-state index contributed by atoms with van der Waals surface area (Å²) in [5.41, 5.74) is 0. The van der Waals surface area contributed by atoms with Gasteiger partial charge in [0.1, 0.15) is 5.82 Å². The lowest BCUT2D eigenvalue weighted by atomic mass is 10.1. The van der Waals surface area contributed by atoms with Crippen molar-refractivity contribution in [1.82, 2.24) is 15.1 Å². The average molecular weight is 522 g/mol. The van der Waals surface area contributed by atoms with Gasteiger partial charge in [0, 0.05) is 49.9 Å². The van der Waals surface area contributed by atoms with Gasteiger partial charge in [-0.2, -0.15) is 0 Å². The molecule has 8 heteroatoms. The summed E-state index contributed by atoms with van der Waals surface area (Å²) in [6.45, 7) is 10.8. The lowest BCUT2D eigenvalue weighted by Crippen LogP contribution is -2.42. The molecule has 0 aromatic heterocycles. The summed E-state index contributed by atoms with van der Waals surface area (Å²) in [7, 11) is 0. The monoisotopic (exact) mass is 522 g/mol. The number of halogens is 2. The van der Waals surface area contributed by atoms with Gasteiger partial charge in [0.2, 0.25) is 0 Å².